The number of imidazole rings is 1. The van der Waals surface area contributed by atoms with Gasteiger partial charge in [-0.15, -0.1) is 0 Å². The second-order valence-corrected chi connectivity index (χ2v) is 4.61. The highest BCUT2D eigenvalue weighted by Crippen LogP contribution is 2.28. The lowest BCUT2D eigenvalue weighted by Crippen LogP contribution is -2.04. The fourth-order valence-corrected chi connectivity index (χ4v) is 1.98. The van der Waals surface area contributed by atoms with E-state index < -0.39 is 10.9 Å². The second-order valence-electron chi connectivity index (χ2n) is 4.61. The van der Waals surface area contributed by atoms with Gasteiger partial charge in [0.05, 0.1) is 5.56 Å². The van der Waals surface area contributed by atoms with Gasteiger partial charge in [-0.3, -0.25) is 4.57 Å². The Bertz CT molecular complexity index is 736. The van der Waals surface area contributed by atoms with Gasteiger partial charge in [0.2, 0.25) is 11.6 Å². The molecule has 2 aromatic rings. The molecule has 21 heavy (non-hydrogen) atoms. The Kier molecular flexibility index (Phi) is 3.62. The molecule has 0 bridgehead atoms. The molecule has 1 aromatic carbocycles. The lowest BCUT2D eigenvalue weighted by Gasteiger charge is -2.09. The largest absolute Gasteiger partial charge is 0.478 e. The fourth-order valence-electron chi connectivity index (χ4n) is 1.98. The van der Waals surface area contributed by atoms with E-state index >= 15 is 0 Å². The van der Waals surface area contributed by atoms with Gasteiger partial charge in [0.15, 0.2) is 0 Å². The fraction of sp³-hybridized carbons (Fsp3) is 0.231. The van der Waals surface area contributed by atoms with Gasteiger partial charge >= 0.3 is 11.8 Å². The average molecular weight is 290 g/mol. The van der Waals surface area contributed by atoms with Crippen molar-refractivity contribution in [3.8, 4) is 0 Å². The summed E-state index contributed by atoms with van der Waals surface area (Å²) < 4.78 is 1.57. The number of aryl methyl sites for hydroxylation is 2. The molecular weight excluding hydrogens is 276 g/mol. The van der Waals surface area contributed by atoms with Crippen molar-refractivity contribution in [1.29, 1.82) is 0 Å². The van der Waals surface area contributed by atoms with Crippen LogP contribution in [-0.4, -0.2) is 25.6 Å². The van der Waals surface area contributed by atoms with Crippen LogP contribution in [0.2, 0.25) is 0 Å². The van der Waals surface area contributed by atoms with Crippen LogP contribution in [0.3, 0.4) is 0 Å². The van der Waals surface area contributed by atoms with Crippen LogP contribution in [0.25, 0.3) is 0 Å². The molecule has 8 heteroatoms. The van der Waals surface area contributed by atoms with Crippen LogP contribution in [-0.2, 0) is 7.05 Å². The topological polar surface area (TPSA) is 110 Å². The molecule has 0 fully saturated rings. The van der Waals surface area contributed by atoms with Gasteiger partial charge < -0.3 is 20.5 Å². The SMILES string of the molecule is Cc1cc(Nc2c([N+](=O)[O-])nc(C)n2C)ccc1C(=O)O. The summed E-state index contributed by atoms with van der Waals surface area (Å²) >= 11 is 0. The number of carboxylic acids is 1. The van der Waals surface area contributed by atoms with Crippen LogP contribution in [0.1, 0.15) is 21.7 Å². The molecular formula is C13H14N4O4. The number of nitrogens with one attached hydrogen (secondary N) is 1. The van der Waals surface area contributed by atoms with Crippen molar-refractivity contribution in [2.75, 3.05) is 5.32 Å². The van der Waals surface area contributed by atoms with Crippen molar-refractivity contribution in [2.45, 2.75) is 13.8 Å². The van der Waals surface area contributed by atoms with Crippen LogP contribution >= 0.6 is 0 Å². The minimum absolute atomic E-state index is 0.191. The first-order valence-corrected chi connectivity index (χ1v) is 6.10. The minimum Gasteiger partial charge on any atom is -0.478 e. The molecule has 1 heterocycles. The number of carbonyl (C=O) groups is 1. The van der Waals surface area contributed by atoms with Crippen LogP contribution in [0.5, 0.6) is 0 Å². The van der Waals surface area contributed by atoms with Crippen molar-refractivity contribution in [1.82, 2.24) is 9.55 Å². The van der Waals surface area contributed by atoms with E-state index in [-0.39, 0.29) is 17.2 Å². The third-order valence-electron chi connectivity index (χ3n) is 3.19. The van der Waals surface area contributed by atoms with Crippen molar-refractivity contribution < 1.29 is 14.8 Å². The Balaban J connectivity index is 2.41. The number of carboxylic acid groups (broad SMARTS) is 1. The Labute approximate surface area is 120 Å². The molecule has 0 amide bonds. The number of benzene rings is 1. The van der Waals surface area contributed by atoms with E-state index in [0.717, 1.165) is 0 Å². The maximum atomic E-state index is 11.0. The van der Waals surface area contributed by atoms with Crippen molar-refractivity contribution in [3.05, 3.63) is 45.3 Å². The molecule has 8 nitrogen and oxygen atoms in total. The minimum atomic E-state index is -1.01. The van der Waals surface area contributed by atoms with Crippen molar-refractivity contribution in [3.63, 3.8) is 0 Å². The van der Waals surface area contributed by atoms with Crippen LogP contribution in [0.4, 0.5) is 17.3 Å². The summed E-state index contributed by atoms with van der Waals surface area (Å²) in [7, 11) is 1.66. The number of aromatic nitrogens is 2. The highest BCUT2D eigenvalue weighted by molar-refractivity contribution is 5.90. The molecule has 0 atom stereocenters. The first kappa shape index (κ1) is 14.5. The Hall–Kier alpha value is -2.90. The van der Waals surface area contributed by atoms with Gasteiger partial charge in [0, 0.05) is 19.7 Å². The Morgan fingerprint density at radius 2 is 2.10 bits per heavy atom. The van der Waals surface area contributed by atoms with Gasteiger partial charge in [0.1, 0.15) is 0 Å². The molecule has 2 rings (SSSR count). The number of anilines is 2. The predicted octanol–water partition coefficient (Wildman–Crippen LogP) is 2.39. The summed E-state index contributed by atoms with van der Waals surface area (Å²) in [4.78, 5) is 25.3. The van der Waals surface area contributed by atoms with E-state index in [4.69, 9.17) is 5.11 Å². The summed E-state index contributed by atoms with van der Waals surface area (Å²) in [6.07, 6.45) is 0. The van der Waals surface area contributed by atoms with Crippen molar-refractivity contribution in [2.24, 2.45) is 7.05 Å². The van der Waals surface area contributed by atoms with Gasteiger partial charge in [0.25, 0.3) is 0 Å². The average Bonchev–Trinajstić information content (AvgIpc) is 2.67. The highest BCUT2D eigenvalue weighted by Gasteiger charge is 2.23. The van der Waals surface area contributed by atoms with E-state index in [9.17, 15) is 14.9 Å². The second kappa shape index (κ2) is 5.23. The molecule has 0 unspecified atom stereocenters. The Morgan fingerprint density at radius 1 is 1.43 bits per heavy atom. The van der Waals surface area contributed by atoms with Crippen LogP contribution in [0.15, 0.2) is 18.2 Å². The maximum absolute atomic E-state index is 11.0. The van der Waals surface area contributed by atoms with Gasteiger partial charge in [-0.1, -0.05) is 0 Å². The summed E-state index contributed by atoms with van der Waals surface area (Å²) in [6.45, 7) is 3.33. The maximum Gasteiger partial charge on any atom is 0.407 e. The molecule has 1 aromatic heterocycles. The lowest BCUT2D eigenvalue weighted by molar-refractivity contribution is -0.388. The van der Waals surface area contributed by atoms with Gasteiger partial charge in [-0.05, 0) is 40.6 Å². The highest BCUT2D eigenvalue weighted by atomic mass is 16.6. The monoisotopic (exact) mass is 290 g/mol. The summed E-state index contributed by atoms with van der Waals surface area (Å²) in [6, 6.07) is 4.63. The first-order valence-electron chi connectivity index (χ1n) is 6.10. The summed E-state index contributed by atoms with van der Waals surface area (Å²) in [5.41, 5.74) is 1.31. The lowest BCUT2D eigenvalue weighted by atomic mass is 10.1. The predicted molar refractivity (Wildman–Crippen MR) is 76.0 cm³/mol. The molecule has 0 saturated heterocycles. The molecule has 2 N–H and O–H groups in total. The molecule has 0 aliphatic rings. The normalized spacial score (nSPS) is 10.4. The first-order chi connectivity index (χ1) is 9.81. The smallest absolute Gasteiger partial charge is 0.407 e. The number of nitrogens with zero attached hydrogens (tertiary/aromatic N) is 3. The van der Waals surface area contributed by atoms with E-state index in [2.05, 4.69) is 10.3 Å². The number of hydrogen-bond donors (Lipinski definition) is 2. The zero-order valence-corrected chi connectivity index (χ0v) is 11.7. The number of nitro groups is 1. The van der Waals surface area contributed by atoms with Crippen LogP contribution < -0.4 is 5.32 Å². The molecule has 0 aliphatic heterocycles. The third kappa shape index (κ3) is 2.69. The zero-order chi connectivity index (χ0) is 15.7. The van der Waals surface area contributed by atoms with Crippen molar-refractivity contribution >= 4 is 23.3 Å². The molecule has 0 radical (unpaired) electrons. The van der Waals surface area contributed by atoms with Crippen LogP contribution in [0, 0.1) is 24.0 Å². The standard InChI is InChI=1S/C13H14N4O4/c1-7-6-9(4-5-10(7)13(18)19)15-11-12(17(20)21)14-8(2)16(11)3/h4-6,15H,1-3H3,(H,18,19). The quantitative estimate of drug-likeness (QED) is 0.660. The molecule has 0 saturated carbocycles. The van der Waals surface area contributed by atoms with Gasteiger partial charge in [-0.25, -0.2) is 4.79 Å². The van der Waals surface area contributed by atoms with E-state index in [1.54, 1.807) is 37.6 Å². The number of hydrogen-bond acceptors (Lipinski definition) is 5. The zero-order valence-electron chi connectivity index (χ0n) is 11.7. The van der Waals surface area contributed by atoms with E-state index in [0.29, 0.717) is 17.1 Å². The third-order valence-corrected chi connectivity index (χ3v) is 3.19. The number of aromatic carboxylic acids is 1. The summed E-state index contributed by atoms with van der Waals surface area (Å²) in [5, 5.41) is 22.9. The molecule has 0 aliphatic carbocycles. The Morgan fingerprint density at radius 3 is 2.62 bits per heavy atom. The number of rotatable bonds is 4. The molecule has 110 valence electrons. The van der Waals surface area contributed by atoms with E-state index in [1.807, 2.05) is 0 Å². The molecule has 0 spiro atoms. The summed E-state index contributed by atoms with van der Waals surface area (Å²) in [5.74, 6) is -0.528. The van der Waals surface area contributed by atoms with E-state index in [1.165, 1.54) is 6.07 Å². The van der Waals surface area contributed by atoms with Gasteiger partial charge in [-0.2, -0.15) is 0 Å².